The van der Waals surface area contributed by atoms with E-state index in [4.69, 9.17) is 0 Å². The van der Waals surface area contributed by atoms with Crippen molar-refractivity contribution in [3.8, 4) is 0 Å². The number of hydrogen-bond donors (Lipinski definition) is 1. The highest BCUT2D eigenvalue weighted by Gasteiger charge is 2.31. The van der Waals surface area contributed by atoms with Gasteiger partial charge in [-0.05, 0) is 57.5 Å². The highest BCUT2D eigenvalue weighted by Crippen LogP contribution is 2.25. The minimum Gasteiger partial charge on any atom is -0.356 e. The van der Waals surface area contributed by atoms with E-state index < -0.39 is 0 Å². The number of aryl methyl sites for hydroxylation is 1. The fraction of sp³-hybridized carbons (Fsp3) is 0.769. The average molecular weight is 487 g/mol. The second-order valence-electron chi connectivity index (χ2n) is 10.6. The van der Waals surface area contributed by atoms with E-state index >= 15 is 0 Å². The lowest BCUT2D eigenvalue weighted by atomic mass is 10.0. The van der Waals surface area contributed by atoms with E-state index in [2.05, 4.69) is 22.2 Å². The number of carbonyl (C=O) groups excluding carboxylic acids is 3. The maximum atomic E-state index is 13.1. The monoisotopic (exact) mass is 486 g/mol. The van der Waals surface area contributed by atoms with Crippen LogP contribution >= 0.6 is 0 Å². The maximum absolute atomic E-state index is 13.1. The average Bonchev–Trinajstić information content (AvgIpc) is 3.21. The quantitative estimate of drug-likeness (QED) is 0.567. The van der Waals surface area contributed by atoms with Gasteiger partial charge in [-0.3, -0.25) is 19.1 Å². The molecular formula is C26H42N6O3. The summed E-state index contributed by atoms with van der Waals surface area (Å²) in [4.78, 5) is 44.4. The molecule has 9 heteroatoms. The van der Waals surface area contributed by atoms with Crippen molar-refractivity contribution in [2.45, 2.75) is 71.3 Å². The summed E-state index contributed by atoms with van der Waals surface area (Å²) in [6, 6.07) is 0. The van der Waals surface area contributed by atoms with Crippen molar-refractivity contribution >= 4 is 17.7 Å². The molecule has 3 amide bonds. The Balaban J connectivity index is 1.22. The fourth-order valence-electron chi connectivity index (χ4n) is 5.71. The van der Waals surface area contributed by atoms with Gasteiger partial charge in [-0.2, -0.15) is 5.10 Å². The third kappa shape index (κ3) is 6.63. The zero-order chi connectivity index (χ0) is 24.8. The molecule has 0 aromatic carbocycles. The van der Waals surface area contributed by atoms with Crippen LogP contribution in [0.3, 0.4) is 0 Å². The highest BCUT2D eigenvalue weighted by atomic mass is 16.2. The number of aromatic nitrogens is 2. The molecule has 0 radical (unpaired) electrons. The van der Waals surface area contributed by atoms with Gasteiger partial charge in [0.2, 0.25) is 11.8 Å². The molecule has 35 heavy (non-hydrogen) atoms. The number of nitrogens with zero attached hydrogens (tertiary/aromatic N) is 5. The van der Waals surface area contributed by atoms with E-state index in [-0.39, 0.29) is 30.6 Å². The molecule has 4 heterocycles. The van der Waals surface area contributed by atoms with Crippen LogP contribution in [0.2, 0.25) is 0 Å². The predicted octanol–water partition coefficient (Wildman–Crippen LogP) is 1.95. The molecule has 0 bridgehead atoms. The minimum absolute atomic E-state index is 0.0192. The molecule has 1 atom stereocenters. The van der Waals surface area contributed by atoms with Crippen molar-refractivity contribution in [3.05, 3.63) is 17.0 Å². The summed E-state index contributed by atoms with van der Waals surface area (Å²) in [6.07, 6.45) is 7.83. The Labute approximate surface area is 209 Å². The van der Waals surface area contributed by atoms with Gasteiger partial charge in [-0.25, -0.2) is 0 Å². The van der Waals surface area contributed by atoms with Crippen molar-refractivity contribution in [3.63, 3.8) is 0 Å². The second-order valence-corrected chi connectivity index (χ2v) is 10.6. The Morgan fingerprint density at radius 3 is 2.57 bits per heavy atom. The number of piperidine rings is 2. The van der Waals surface area contributed by atoms with Gasteiger partial charge < -0.3 is 20.0 Å². The van der Waals surface area contributed by atoms with Gasteiger partial charge in [0.1, 0.15) is 0 Å². The summed E-state index contributed by atoms with van der Waals surface area (Å²) in [5.74, 6) is 0.647. The van der Waals surface area contributed by atoms with E-state index in [9.17, 15) is 14.4 Å². The molecule has 9 nitrogen and oxygen atoms in total. The number of nitrogens with one attached hydrogen (secondary N) is 1. The number of fused-ring (bicyclic) bond motifs is 1. The first-order valence-electron chi connectivity index (χ1n) is 13.5. The summed E-state index contributed by atoms with van der Waals surface area (Å²) in [5.41, 5.74) is 2.40. The van der Waals surface area contributed by atoms with Crippen LogP contribution in [0.5, 0.6) is 0 Å². The van der Waals surface area contributed by atoms with Crippen LogP contribution in [0, 0.1) is 5.92 Å². The van der Waals surface area contributed by atoms with Crippen molar-refractivity contribution in [2.24, 2.45) is 13.0 Å². The van der Waals surface area contributed by atoms with Crippen molar-refractivity contribution in [2.75, 3.05) is 45.8 Å². The lowest BCUT2D eigenvalue weighted by molar-refractivity contribution is -0.134. The van der Waals surface area contributed by atoms with Gasteiger partial charge >= 0.3 is 0 Å². The molecule has 3 aliphatic rings. The number of rotatable bonds is 8. The molecule has 1 N–H and O–H groups in total. The zero-order valence-electron chi connectivity index (χ0n) is 21.6. The lowest BCUT2D eigenvalue weighted by Crippen LogP contribution is -2.39. The topological polar surface area (TPSA) is 90.8 Å². The summed E-state index contributed by atoms with van der Waals surface area (Å²) in [7, 11) is 1.87. The third-order valence-corrected chi connectivity index (χ3v) is 7.72. The molecule has 4 rings (SSSR count). The number of hydrogen-bond acceptors (Lipinski definition) is 5. The van der Waals surface area contributed by atoms with Gasteiger partial charge in [0.25, 0.3) is 5.91 Å². The normalized spacial score (nSPS) is 21.0. The summed E-state index contributed by atoms with van der Waals surface area (Å²) in [5, 5.41) is 7.51. The largest absolute Gasteiger partial charge is 0.356 e. The molecule has 1 aromatic rings. The molecule has 0 spiro atoms. The fourth-order valence-corrected chi connectivity index (χ4v) is 5.71. The summed E-state index contributed by atoms with van der Waals surface area (Å²) >= 11 is 0. The van der Waals surface area contributed by atoms with E-state index in [1.165, 1.54) is 12.8 Å². The van der Waals surface area contributed by atoms with Gasteiger partial charge in [0, 0.05) is 76.8 Å². The van der Waals surface area contributed by atoms with Crippen LogP contribution in [-0.4, -0.2) is 88.0 Å². The Hall–Kier alpha value is -2.42. The predicted molar refractivity (Wildman–Crippen MR) is 134 cm³/mol. The first kappa shape index (κ1) is 25.7. The first-order chi connectivity index (χ1) is 16.9. The third-order valence-electron chi connectivity index (χ3n) is 7.72. The molecule has 3 aliphatic heterocycles. The Morgan fingerprint density at radius 2 is 1.80 bits per heavy atom. The summed E-state index contributed by atoms with van der Waals surface area (Å²) in [6.45, 7) is 8.83. The number of likely N-dealkylation sites (tertiary alicyclic amines) is 2. The molecule has 194 valence electrons. The molecule has 0 saturated carbocycles. The van der Waals surface area contributed by atoms with E-state index in [0.29, 0.717) is 31.7 Å². The van der Waals surface area contributed by atoms with E-state index in [0.717, 1.165) is 75.6 Å². The SMILES string of the molecule is C[C@@H]1CCCN(CCCNC(=O)CCC(=O)N2CCc3c(c(C(=O)N4CCCCC4)nn3C)C2)C1. The Bertz CT molecular complexity index is 907. The second kappa shape index (κ2) is 12.0. The van der Waals surface area contributed by atoms with Crippen molar-refractivity contribution < 1.29 is 14.4 Å². The van der Waals surface area contributed by atoms with Crippen LogP contribution in [0.1, 0.15) is 80.0 Å². The van der Waals surface area contributed by atoms with Crippen molar-refractivity contribution in [1.82, 2.24) is 29.8 Å². The standard InChI is InChI=1S/C26H42N6O3/c1-20-8-6-13-30(18-20)14-7-12-27-23(33)9-10-24(34)32-17-11-22-21(19-32)25(28-29(22)2)26(35)31-15-4-3-5-16-31/h20H,3-19H2,1-2H3,(H,27,33)/t20-/m1/s1. The lowest BCUT2D eigenvalue weighted by Gasteiger charge is -2.30. The molecule has 0 unspecified atom stereocenters. The first-order valence-corrected chi connectivity index (χ1v) is 13.5. The molecule has 2 saturated heterocycles. The Kier molecular flexibility index (Phi) is 8.81. The van der Waals surface area contributed by atoms with E-state index in [1.807, 2.05) is 11.9 Å². The number of amides is 3. The van der Waals surface area contributed by atoms with Gasteiger partial charge in [-0.1, -0.05) is 6.92 Å². The van der Waals surface area contributed by atoms with Gasteiger partial charge in [0.15, 0.2) is 5.69 Å². The molecular weight excluding hydrogens is 444 g/mol. The van der Waals surface area contributed by atoms with Crippen LogP contribution in [0.25, 0.3) is 0 Å². The summed E-state index contributed by atoms with van der Waals surface area (Å²) < 4.78 is 1.80. The highest BCUT2D eigenvalue weighted by molar-refractivity contribution is 5.94. The van der Waals surface area contributed by atoms with Crippen LogP contribution < -0.4 is 5.32 Å². The van der Waals surface area contributed by atoms with E-state index in [1.54, 1.807) is 9.58 Å². The van der Waals surface area contributed by atoms with Crippen LogP contribution in [0.15, 0.2) is 0 Å². The van der Waals surface area contributed by atoms with Crippen molar-refractivity contribution in [1.29, 1.82) is 0 Å². The van der Waals surface area contributed by atoms with Gasteiger partial charge in [0.05, 0.1) is 0 Å². The van der Waals surface area contributed by atoms with Gasteiger partial charge in [-0.15, -0.1) is 0 Å². The zero-order valence-corrected chi connectivity index (χ0v) is 21.6. The van der Waals surface area contributed by atoms with Crippen LogP contribution in [0.4, 0.5) is 0 Å². The van der Waals surface area contributed by atoms with Crippen LogP contribution in [-0.2, 0) is 29.6 Å². The smallest absolute Gasteiger partial charge is 0.274 e. The molecule has 2 fully saturated rings. The molecule has 1 aromatic heterocycles. The minimum atomic E-state index is -0.0644. The number of carbonyl (C=O) groups is 3. The Morgan fingerprint density at radius 1 is 1.00 bits per heavy atom. The maximum Gasteiger partial charge on any atom is 0.274 e. The molecule has 0 aliphatic carbocycles.